The minimum atomic E-state index is -4.06. The molecule has 2 saturated carbocycles. The largest absolute Gasteiger partial charge is 0.457 e. The Balaban J connectivity index is 1.72. The van der Waals surface area contributed by atoms with Crippen LogP contribution in [-0.2, 0) is 18.3 Å². The minimum absolute atomic E-state index is 0.0345. The maximum Gasteiger partial charge on any atom is 0.376 e. The van der Waals surface area contributed by atoms with Crippen molar-refractivity contribution >= 4 is 13.6 Å². The normalized spacial score (nSPS) is 30.2. The average molecular weight is 560 g/mol. The summed E-state index contributed by atoms with van der Waals surface area (Å²) in [6.07, 6.45) is 9.91. The van der Waals surface area contributed by atoms with E-state index in [1.807, 2.05) is 0 Å². The molecule has 8 heteroatoms. The van der Waals surface area contributed by atoms with Gasteiger partial charge in [0.1, 0.15) is 0 Å². The predicted octanol–water partition coefficient (Wildman–Crippen LogP) is 8.68. The first kappa shape index (κ1) is 30.0. The molecule has 2 heterocycles. The van der Waals surface area contributed by atoms with Crippen LogP contribution in [0.2, 0.25) is 0 Å². The van der Waals surface area contributed by atoms with Gasteiger partial charge in [-0.3, -0.25) is 9.55 Å². The van der Waals surface area contributed by atoms with Crippen molar-refractivity contribution in [3.8, 4) is 0 Å². The Kier molecular flexibility index (Phi) is 10.1. The van der Waals surface area contributed by atoms with E-state index in [0.717, 1.165) is 38.5 Å². The van der Waals surface area contributed by atoms with E-state index >= 15 is 4.57 Å². The quantitative estimate of drug-likeness (QED) is 0.212. The van der Waals surface area contributed by atoms with Gasteiger partial charge in [-0.15, -0.1) is 0 Å². The standard InChI is InChI=1S/C31H46NO6P/c1-20(2)24-13-11-22(5)28(17-24)37-39(34,38-29-18-25(21(3)4)14-12-23(29)6)31(26-9-7-15-32-19-26)36-30(33)27-10-8-16-35-27/h7-10,15-16,19-25,28-29,31H,11-14,17-18H2,1-6H3/t22-,23+,24-,25-,28-,29-,31+,39?/m1/s1. The van der Waals surface area contributed by atoms with Gasteiger partial charge in [0.2, 0.25) is 11.6 Å². The molecule has 0 saturated heterocycles. The number of rotatable bonds is 10. The molecular formula is C31H46NO6P. The molecule has 2 aliphatic rings. The molecule has 0 bridgehead atoms. The number of hydrogen-bond donors (Lipinski definition) is 0. The molecule has 2 aliphatic carbocycles. The Morgan fingerprint density at radius 2 is 1.51 bits per heavy atom. The smallest absolute Gasteiger partial charge is 0.376 e. The number of aromatic nitrogens is 1. The highest BCUT2D eigenvalue weighted by atomic mass is 31.2. The van der Waals surface area contributed by atoms with E-state index in [2.05, 4.69) is 46.5 Å². The van der Waals surface area contributed by atoms with Crippen molar-refractivity contribution in [1.82, 2.24) is 4.98 Å². The maximum atomic E-state index is 15.2. The molecule has 4 rings (SSSR count). The van der Waals surface area contributed by atoms with Gasteiger partial charge in [-0.05, 0) is 92.2 Å². The van der Waals surface area contributed by atoms with Gasteiger partial charge in [0.25, 0.3) is 0 Å². The van der Waals surface area contributed by atoms with Crippen LogP contribution in [0.5, 0.6) is 0 Å². The highest BCUT2D eigenvalue weighted by molar-refractivity contribution is 7.54. The van der Waals surface area contributed by atoms with Gasteiger partial charge in [0.15, 0.2) is 0 Å². The van der Waals surface area contributed by atoms with Crippen LogP contribution in [0.1, 0.15) is 102 Å². The lowest BCUT2D eigenvalue weighted by Crippen LogP contribution is -2.35. The highest BCUT2D eigenvalue weighted by Crippen LogP contribution is 2.65. The molecular weight excluding hydrogens is 513 g/mol. The van der Waals surface area contributed by atoms with Gasteiger partial charge in [0, 0.05) is 18.0 Å². The Morgan fingerprint density at radius 3 is 1.97 bits per heavy atom. The van der Waals surface area contributed by atoms with Gasteiger partial charge < -0.3 is 18.2 Å². The summed E-state index contributed by atoms with van der Waals surface area (Å²) >= 11 is 0. The van der Waals surface area contributed by atoms with Crippen molar-refractivity contribution in [2.24, 2.45) is 35.5 Å². The molecule has 0 N–H and O–H groups in total. The van der Waals surface area contributed by atoms with Crippen LogP contribution in [0.4, 0.5) is 0 Å². The summed E-state index contributed by atoms with van der Waals surface area (Å²) in [6.45, 7) is 13.2. The first-order valence-corrected chi connectivity index (χ1v) is 16.3. The van der Waals surface area contributed by atoms with Gasteiger partial charge >= 0.3 is 13.6 Å². The lowest BCUT2D eigenvalue weighted by Gasteiger charge is -2.42. The summed E-state index contributed by atoms with van der Waals surface area (Å²) in [5, 5.41) is 0. The third-order valence-electron chi connectivity index (χ3n) is 8.97. The summed E-state index contributed by atoms with van der Waals surface area (Å²) in [7, 11) is -4.06. The van der Waals surface area contributed by atoms with Crippen LogP contribution in [0.3, 0.4) is 0 Å². The van der Waals surface area contributed by atoms with Crippen molar-refractivity contribution in [2.45, 2.75) is 98.1 Å². The van der Waals surface area contributed by atoms with Crippen molar-refractivity contribution in [2.75, 3.05) is 0 Å². The fraction of sp³-hybridized carbons (Fsp3) is 0.677. The summed E-state index contributed by atoms with van der Waals surface area (Å²) in [5.41, 5.74) is 0.480. The number of hydrogen-bond acceptors (Lipinski definition) is 7. The average Bonchev–Trinajstić information content (AvgIpc) is 3.45. The minimum Gasteiger partial charge on any atom is -0.457 e. The van der Waals surface area contributed by atoms with Gasteiger partial charge in [-0.1, -0.05) is 47.6 Å². The molecule has 0 spiro atoms. The van der Waals surface area contributed by atoms with E-state index in [-0.39, 0.29) is 29.8 Å². The Hall–Kier alpha value is -1.95. The Labute approximate surface area is 233 Å². The fourth-order valence-electron chi connectivity index (χ4n) is 6.03. The van der Waals surface area contributed by atoms with E-state index in [0.29, 0.717) is 29.2 Å². The molecule has 0 radical (unpaired) electrons. The lowest BCUT2D eigenvalue weighted by molar-refractivity contribution is -0.0117. The van der Waals surface area contributed by atoms with E-state index in [1.54, 1.807) is 30.6 Å². The second kappa shape index (κ2) is 13.1. The van der Waals surface area contributed by atoms with E-state index in [9.17, 15) is 4.79 Å². The molecule has 8 atom stereocenters. The second-order valence-electron chi connectivity index (χ2n) is 12.4. The molecule has 216 valence electrons. The van der Waals surface area contributed by atoms with E-state index in [4.69, 9.17) is 18.2 Å². The zero-order chi connectivity index (χ0) is 28.2. The van der Waals surface area contributed by atoms with Crippen molar-refractivity contribution < 1.29 is 27.6 Å². The number of pyridine rings is 1. The number of furan rings is 1. The number of esters is 1. The molecule has 7 nitrogen and oxygen atoms in total. The predicted molar refractivity (Wildman–Crippen MR) is 151 cm³/mol. The summed E-state index contributed by atoms with van der Waals surface area (Å²) in [5.74, 6) is 0.421. The molecule has 0 aromatic carbocycles. The molecule has 2 aromatic rings. The monoisotopic (exact) mass is 559 g/mol. The summed E-state index contributed by atoms with van der Waals surface area (Å²) in [6, 6.07) is 6.65. The lowest BCUT2D eigenvalue weighted by atomic mass is 9.76. The van der Waals surface area contributed by atoms with Crippen LogP contribution in [0.25, 0.3) is 0 Å². The zero-order valence-corrected chi connectivity index (χ0v) is 25.2. The van der Waals surface area contributed by atoms with Crippen LogP contribution >= 0.6 is 7.60 Å². The van der Waals surface area contributed by atoms with Gasteiger partial charge in [-0.25, -0.2) is 4.79 Å². The van der Waals surface area contributed by atoms with Gasteiger partial charge in [0.05, 0.1) is 18.5 Å². The van der Waals surface area contributed by atoms with Crippen molar-refractivity contribution in [1.29, 1.82) is 0 Å². The maximum absolute atomic E-state index is 15.2. The molecule has 1 unspecified atom stereocenters. The molecule has 39 heavy (non-hydrogen) atoms. The molecule has 2 aromatic heterocycles. The number of nitrogens with zero attached hydrogens (tertiary/aromatic N) is 1. The summed E-state index contributed by atoms with van der Waals surface area (Å²) < 4.78 is 39.8. The topological polar surface area (TPSA) is 87.9 Å². The van der Waals surface area contributed by atoms with Crippen LogP contribution < -0.4 is 0 Å². The Bertz CT molecular complexity index is 1050. The molecule has 0 amide bonds. The fourth-order valence-corrected chi connectivity index (χ4v) is 8.39. The SMILES string of the molecule is CC(C)[C@@H]1CC[C@@H](C)[C@H](OP(=O)(O[C@@H]2C[C@H](C(C)C)CC[C@@H]2C)[C@H](OC(=O)c2ccco2)c2cccnc2)C1. The first-order chi connectivity index (χ1) is 18.6. The van der Waals surface area contributed by atoms with E-state index in [1.165, 1.54) is 12.3 Å². The third kappa shape index (κ3) is 7.42. The molecule has 2 fully saturated rings. The van der Waals surface area contributed by atoms with Gasteiger partial charge in [-0.2, -0.15) is 0 Å². The number of carbonyl (C=O) groups is 1. The highest BCUT2D eigenvalue weighted by Gasteiger charge is 2.48. The van der Waals surface area contributed by atoms with Crippen molar-refractivity contribution in [3.05, 3.63) is 54.2 Å². The van der Waals surface area contributed by atoms with Crippen LogP contribution in [0, 0.1) is 35.5 Å². The zero-order valence-electron chi connectivity index (χ0n) is 24.3. The first-order valence-electron chi connectivity index (χ1n) is 14.7. The summed E-state index contributed by atoms with van der Waals surface area (Å²) in [4.78, 5) is 17.4. The number of ether oxygens (including phenoxy) is 1. The second-order valence-corrected chi connectivity index (χ2v) is 14.4. The molecule has 0 aliphatic heterocycles. The third-order valence-corrected chi connectivity index (χ3v) is 11.1. The van der Waals surface area contributed by atoms with E-state index < -0.39 is 19.4 Å². The number of carbonyl (C=O) groups excluding carboxylic acids is 1. The van der Waals surface area contributed by atoms with Crippen LogP contribution in [-0.4, -0.2) is 23.2 Å². The van der Waals surface area contributed by atoms with Crippen LogP contribution in [0.15, 0.2) is 47.3 Å². The van der Waals surface area contributed by atoms with Crippen molar-refractivity contribution in [3.63, 3.8) is 0 Å². The Morgan fingerprint density at radius 1 is 0.923 bits per heavy atom.